The van der Waals surface area contributed by atoms with E-state index in [1.165, 1.54) is 12.8 Å². The molecule has 0 saturated carbocycles. The smallest absolute Gasteiger partial charge is 0.173 e. The van der Waals surface area contributed by atoms with E-state index in [2.05, 4.69) is 21.4 Å². The van der Waals surface area contributed by atoms with Crippen molar-refractivity contribution in [2.24, 2.45) is 5.84 Å². The topological polar surface area (TPSA) is 60.4 Å². The number of furan rings is 1. The van der Waals surface area contributed by atoms with Gasteiger partial charge in [-0.2, -0.15) is 0 Å². The number of nitrogens with two attached hydrogens (primary N) is 1. The van der Waals surface area contributed by atoms with Crippen LogP contribution in [0.25, 0.3) is 0 Å². The van der Waals surface area contributed by atoms with Gasteiger partial charge in [0, 0.05) is 12.2 Å². The molecule has 0 aromatic carbocycles. The zero-order valence-corrected chi connectivity index (χ0v) is 10.7. The maximum atomic E-state index is 5.59. The van der Waals surface area contributed by atoms with Crippen LogP contribution in [0.3, 0.4) is 0 Å². The van der Waals surface area contributed by atoms with Gasteiger partial charge in [-0.05, 0) is 47.7 Å². The molecule has 0 spiro atoms. The minimum atomic E-state index is 0.123. The summed E-state index contributed by atoms with van der Waals surface area (Å²) in [4.78, 5) is 0. The molecule has 2 unspecified atom stereocenters. The third-order valence-corrected chi connectivity index (χ3v) is 3.67. The van der Waals surface area contributed by atoms with Gasteiger partial charge in [0.1, 0.15) is 0 Å². The van der Waals surface area contributed by atoms with Crippen LogP contribution in [0, 0.1) is 0 Å². The Kier molecular flexibility index (Phi) is 4.40. The molecular weight excluding hydrogens is 272 g/mol. The predicted octanol–water partition coefficient (Wildman–Crippen LogP) is 2.51. The van der Waals surface area contributed by atoms with Crippen molar-refractivity contribution < 1.29 is 9.15 Å². The van der Waals surface area contributed by atoms with Gasteiger partial charge in [0.2, 0.25) is 0 Å². The molecule has 16 heavy (non-hydrogen) atoms. The van der Waals surface area contributed by atoms with Crippen molar-refractivity contribution in [3.63, 3.8) is 0 Å². The van der Waals surface area contributed by atoms with Gasteiger partial charge >= 0.3 is 0 Å². The highest BCUT2D eigenvalue weighted by atomic mass is 79.9. The fourth-order valence-electron chi connectivity index (χ4n) is 2.11. The lowest BCUT2D eigenvalue weighted by atomic mass is 10.0. The van der Waals surface area contributed by atoms with Crippen LogP contribution >= 0.6 is 15.9 Å². The Morgan fingerprint density at radius 3 is 3.06 bits per heavy atom. The monoisotopic (exact) mass is 288 g/mol. The minimum absolute atomic E-state index is 0.123. The SMILES string of the molecule is NNC(CCC1CCCO1)c1ccoc1Br. The van der Waals surface area contributed by atoms with Gasteiger partial charge in [0.25, 0.3) is 0 Å². The van der Waals surface area contributed by atoms with E-state index in [-0.39, 0.29) is 6.04 Å². The third kappa shape index (κ3) is 2.85. The molecule has 1 aliphatic rings. The van der Waals surface area contributed by atoms with Crippen molar-refractivity contribution in [2.75, 3.05) is 6.61 Å². The van der Waals surface area contributed by atoms with Crippen molar-refractivity contribution in [1.82, 2.24) is 5.43 Å². The molecule has 3 N–H and O–H groups in total. The van der Waals surface area contributed by atoms with Crippen LogP contribution in [0.4, 0.5) is 0 Å². The number of hydrazine groups is 1. The van der Waals surface area contributed by atoms with Crippen molar-refractivity contribution in [3.05, 3.63) is 22.6 Å². The second kappa shape index (κ2) is 5.82. The summed E-state index contributed by atoms with van der Waals surface area (Å²) in [6.45, 7) is 0.904. The van der Waals surface area contributed by atoms with Gasteiger partial charge < -0.3 is 9.15 Å². The number of hydrogen-bond donors (Lipinski definition) is 2. The zero-order valence-electron chi connectivity index (χ0n) is 9.12. The summed E-state index contributed by atoms with van der Waals surface area (Å²) in [5.41, 5.74) is 3.89. The molecule has 2 rings (SSSR count). The molecule has 1 aromatic heterocycles. The predicted molar refractivity (Wildman–Crippen MR) is 64.7 cm³/mol. The molecule has 2 atom stereocenters. The highest BCUT2D eigenvalue weighted by Gasteiger charge is 2.20. The molecule has 2 heterocycles. The number of ether oxygens (including phenoxy) is 1. The summed E-state index contributed by atoms with van der Waals surface area (Å²) in [5, 5.41) is 0. The van der Waals surface area contributed by atoms with Gasteiger partial charge in [-0.3, -0.25) is 11.3 Å². The van der Waals surface area contributed by atoms with E-state index in [1.54, 1.807) is 6.26 Å². The Labute approximate surface area is 104 Å². The van der Waals surface area contributed by atoms with Crippen LogP contribution in [-0.2, 0) is 4.74 Å². The van der Waals surface area contributed by atoms with Crippen LogP contribution in [0.1, 0.15) is 37.3 Å². The quantitative estimate of drug-likeness (QED) is 0.646. The molecule has 90 valence electrons. The summed E-state index contributed by atoms with van der Waals surface area (Å²) >= 11 is 3.37. The molecule has 0 aliphatic carbocycles. The first-order chi connectivity index (χ1) is 7.81. The van der Waals surface area contributed by atoms with Crippen molar-refractivity contribution >= 4 is 15.9 Å². The van der Waals surface area contributed by atoms with E-state index in [4.69, 9.17) is 15.0 Å². The Bertz CT molecular complexity index is 324. The van der Waals surface area contributed by atoms with Gasteiger partial charge in [-0.15, -0.1) is 0 Å². The van der Waals surface area contributed by atoms with E-state index in [0.717, 1.165) is 29.7 Å². The average molecular weight is 289 g/mol. The molecular formula is C11H17BrN2O2. The first kappa shape index (κ1) is 12.1. The van der Waals surface area contributed by atoms with Crippen molar-refractivity contribution in [2.45, 2.75) is 37.8 Å². The minimum Gasteiger partial charge on any atom is -0.457 e. The second-order valence-electron chi connectivity index (χ2n) is 4.08. The van der Waals surface area contributed by atoms with E-state index < -0.39 is 0 Å². The van der Waals surface area contributed by atoms with Gasteiger partial charge in [0.15, 0.2) is 4.67 Å². The molecule has 0 radical (unpaired) electrons. The molecule has 1 fully saturated rings. The molecule has 5 heteroatoms. The standard InChI is InChI=1S/C11H17BrN2O2/c12-11-9(5-7-16-11)10(14-13)4-3-8-2-1-6-15-8/h5,7-8,10,14H,1-4,6,13H2. The lowest BCUT2D eigenvalue weighted by Gasteiger charge is -2.17. The highest BCUT2D eigenvalue weighted by Crippen LogP contribution is 2.29. The van der Waals surface area contributed by atoms with Crippen LogP contribution in [0.15, 0.2) is 21.4 Å². The number of rotatable bonds is 5. The first-order valence-electron chi connectivity index (χ1n) is 5.62. The van der Waals surface area contributed by atoms with E-state index in [0.29, 0.717) is 6.10 Å². The largest absolute Gasteiger partial charge is 0.457 e. The van der Waals surface area contributed by atoms with Gasteiger partial charge in [-0.25, -0.2) is 0 Å². The highest BCUT2D eigenvalue weighted by molar-refractivity contribution is 9.10. The number of hydrogen-bond acceptors (Lipinski definition) is 4. The van der Waals surface area contributed by atoms with E-state index >= 15 is 0 Å². The zero-order chi connectivity index (χ0) is 11.4. The molecule has 0 bridgehead atoms. The lowest BCUT2D eigenvalue weighted by molar-refractivity contribution is 0.0995. The maximum absolute atomic E-state index is 5.59. The Hall–Kier alpha value is -0.360. The Balaban J connectivity index is 1.88. The summed E-state index contributed by atoms with van der Waals surface area (Å²) < 4.78 is 11.6. The van der Waals surface area contributed by atoms with Crippen LogP contribution < -0.4 is 11.3 Å². The Morgan fingerprint density at radius 2 is 2.50 bits per heavy atom. The van der Waals surface area contributed by atoms with Crippen LogP contribution in [0.5, 0.6) is 0 Å². The molecule has 4 nitrogen and oxygen atoms in total. The summed E-state index contributed by atoms with van der Waals surface area (Å²) in [5.74, 6) is 5.56. The van der Waals surface area contributed by atoms with Crippen molar-refractivity contribution in [1.29, 1.82) is 0 Å². The second-order valence-corrected chi connectivity index (χ2v) is 4.80. The van der Waals surface area contributed by atoms with Crippen molar-refractivity contribution in [3.8, 4) is 0 Å². The number of nitrogens with one attached hydrogen (secondary N) is 1. The average Bonchev–Trinajstić information content (AvgIpc) is 2.92. The molecule has 1 saturated heterocycles. The van der Waals surface area contributed by atoms with Gasteiger partial charge in [0.05, 0.1) is 18.4 Å². The maximum Gasteiger partial charge on any atom is 0.173 e. The fourth-order valence-corrected chi connectivity index (χ4v) is 2.62. The summed E-state index contributed by atoms with van der Waals surface area (Å²) in [7, 11) is 0. The molecule has 1 aliphatic heterocycles. The summed E-state index contributed by atoms with van der Waals surface area (Å²) in [6, 6.07) is 2.06. The summed E-state index contributed by atoms with van der Waals surface area (Å²) in [6.07, 6.45) is 6.41. The van der Waals surface area contributed by atoms with E-state index in [1.807, 2.05) is 6.07 Å². The van der Waals surface area contributed by atoms with Gasteiger partial charge in [-0.1, -0.05) is 0 Å². The first-order valence-corrected chi connectivity index (χ1v) is 6.41. The van der Waals surface area contributed by atoms with Crippen LogP contribution in [0.2, 0.25) is 0 Å². The molecule has 0 amide bonds. The molecule has 1 aromatic rings. The normalized spacial score (nSPS) is 22.5. The lowest BCUT2D eigenvalue weighted by Crippen LogP contribution is -2.28. The Morgan fingerprint density at radius 1 is 1.62 bits per heavy atom. The fraction of sp³-hybridized carbons (Fsp3) is 0.636. The number of halogens is 1. The van der Waals surface area contributed by atoms with E-state index in [9.17, 15) is 0 Å². The third-order valence-electron chi connectivity index (χ3n) is 3.02. The van der Waals surface area contributed by atoms with Crippen LogP contribution in [-0.4, -0.2) is 12.7 Å².